The highest BCUT2D eigenvalue weighted by atomic mass is 16.6. The summed E-state index contributed by atoms with van der Waals surface area (Å²) in [4.78, 5) is 69.6. The first-order chi connectivity index (χ1) is 17.2. The van der Waals surface area contributed by atoms with E-state index in [9.17, 15) is 28.8 Å². The van der Waals surface area contributed by atoms with Crippen LogP contribution in [0.1, 0.15) is 38.5 Å². The zero-order valence-corrected chi connectivity index (χ0v) is 20.8. The van der Waals surface area contributed by atoms with Crippen LogP contribution in [0.25, 0.3) is 0 Å². The first kappa shape index (κ1) is 32.4. The monoisotopic (exact) mass is 520 g/mol. The van der Waals surface area contributed by atoms with Gasteiger partial charge >= 0.3 is 24.1 Å². The summed E-state index contributed by atoms with van der Waals surface area (Å²) in [6.07, 6.45) is 0.742. The molecule has 0 saturated heterocycles. The highest BCUT2D eigenvalue weighted by Gasteiger charge is 2.22. The molecule has 0 aliphatic heterocycles. The molecule has 0 aromatic carbocycles. The van der Waals surface area contributed by atoms with Crippen molar-refractivity contribution in [1.29, 1.82) is 0 Å². The molecule has 5 N–H and O–H groups in total. The van der Waals surface area contributed by atoms with E-state index >= 15 is 0 Å². The molecule has 0 fully saturated rings. The number of esters is 2. The molecule has 15 heteroatoms. The molecule has 2 unspecified atom stereocenters. The average Bonchev–Trinajstić information content (AvgIpc) is 2.88. The largest absolute Gasteiger partial charge is 0.467 e. The van der Waals surface area contributed by atoms with Crippen molar-refractivity contribution in [2.45, 2.75) is 50.6 Å². The molecule has 0 bridgehead atoms. The van der Waals surface area contributed by atoms with Crippen LogP contribution in [0.3, 0.4) is 0 Å². The molecule has 0 spiro atoms. The van der Waals surface area contributed by atoms with Gasteiger partial charge in [-0.05, 0) is 38.5 Å². The fourth-order valence-corrected chi connectivity index (χ4v) is 2.82. The van der Waals surface area contributed by atoms with E-state index in [0.717, 1.165) is 0 Å². The number of ether oxygens (including phenoxy) is 4. The van der Waals surface area contributed by atoms with Gasteiger partial charge in [-0.3, -0.25) is 9.59 Å². The van der Waals surface area contributed by atoms with Crippen molar-refractivity contribution < 1.29 is 52.8 Å². The van der Waals surface area contributed by atoms with E-state index in [1.165, 1.54) is 21.3 Å². The van der Waals surface area contributed by atoms with Crippen molar-refractivity contribution in [1.82, 2.24) is 21.3 Å². The normalized spacial score (nSPS) is 11.8. The van der Waals surface area contributed by atoms with Gasteiger partial charge in [0, 0.05) is 13.1 Å². The number of alkyl carbamates (subject to hydrolysis) is 2. The minimum atomic E-state index is -0.955. The van der Waals surface area contributed by atoms with E-state index in [4.69, 9.17) is 9.84 Å². The third kappa shape index (κ3) is 15.3. The second kappa shape index (κ2) is 19.7. The molecule has 0 heterocycles. The van der Waals surface area contributed by atoms with E-state index in [1.807, 2.05) is 0 Å². The van der Waals surface area contributed by atoms with Crippen molar-refractivity contribution in [3.05, 3.63) is 0 Å². The zero-order valence-electron chi connectivity index (χ0n) is 20.8. The Labute approximate surface area is 208 Å². The molecule has 0 aliphatic carbocycles. The number of aliphatic hydroxyl groups is 1. The Morgan fingerprint density at radius 1 is 0.667 bits per heavy atom. The van der Waals surface area contributed by atoms with Gasteiger partial charge in [-0.15, -0.1) is 0 Å². The minimum Gasteiger partial charge on any atom is -0.467 e. The lowest BCUT2D eigenvalue weighted by molar-refractivity contribution is -0.145. The minimum absolute atomic E-state index is 0.185. The van der Waals surface area contributed by atoms with Gasteiger partial charge in [0.1, 0.15) is 18.7 Å². The first-order valence-electron chi connectivity index (χ1n) is 11.3. The van der Waals surface area contributed by atoms with Crippen molar-refractivity contribution in [2.75, 3.05) is 47.6 Å². The molecule has 0 rings (SSSR count). The van der Waals surface area contributed by atoms with E-state index in [0.29, 0.717) is 32.2 Å². The summed E-state index contributed by atoms with van der Waals surface area (Å²) in [6.45, 7) is -0.752. The zero-order chi connectivity index (χ0) is 27.3. The number of hydrogen-bond donors (Lipinski definition) is 5. The number of carbonyl (C=O) groups excluding carboxylic acids is 6. The van der Waals surface area contributed by atoms with Crippen LogP contribution in [-0.2, 0) is 38.1 Å². The Kier molecular flexibility index (Phi) is 17.7. The second-order valence-electron chi connectivity index (χ2n) is 7.36. The molecule has 2 atom stereocenters. The molecular formula is C21H36N4O11. The summed E-state index contributed by atoms with van der Waals surface area (Å²) >= 11 is 0. The summed E-state index contributed by atoms with van der Waals surface area (Å²) < 4.78 is 18.5. The number of methoxy groups -OCH3 is 3. The Bertz CT molecular complexity index is 733. The van der Waals surface area contributed by atoms with E-state index in [1.54, 1.807) is 0 Å². The molecule has 4 amide bonds. The van der Waals surface area contributed by atoms with Gasteiger partial charge in [-0.1, -0.05) is 0 Å². The van der Waals surface area contributed by atoms with Crippen LogP contribution in [-0.4, -0.2) is 101 Å². The van der Waals surface area contributed by atoms with Gasteiger partial charge in [0.05, 0.1) is 21.3 Å². The van der Waals surface area contributed by atoms with Gasteiger partial charge in [0.2, 0.25) is 5.91 Å². The Morgan fingerprint density at radius 2 is 1.19 bits per heavy atom. The maximum Gasteiger partial charge on any atom is 0.407 e. The maximum absolute atomic E-state index is 12.1. The van der Waals surface area contributed by atoms with Crippen molar-refractivity contribution in [2.24, 2.45) is 0 Å². The van der Waals surface area contributed by atoms with Crippen molar-refractivity contribution >= 4 is 35.9 Å². The number of nitrogens with one attached hydrogen (secondary N) is 4. The number of carbonyl (C=O) groups is 6. The summed E-state index contributed by atoms with van der Waals surface area (Å²) in [6, 6.07) is -1.84. The molecule has 0 aliphatic rings. The van der Waals surface area contributed by atoms with Crippen LogP contribution in [0.4, 0.5) is 9.59 Å². The predicted octanol–water partition coefficient (Wildman–Crippen LogP) is -1.28. The van der Waals surface area contributed by atoms with Gasteiger partial charge in [-0.2, -0.15) is 0 Å². The van der Waals surface area contributed by atoms with E-state index < -0.39 is 61.2 Å². The lowest BCUT2D eigenvalue weighted by atomic mass is 10.1. The SMILES string of the molecule is COC(=O)NC(CCCCNC(=O)OCC(=O)NC(CCCCNC(=O)CO)C(=O)OC)C(=O)OC. The second-order valence-corrected chi connectivity index (χ2v) is 7.36. The van der Waals surface area contributed by atoms with Crippen LogP contribution in [0.15, 0.2) is 0 Å². The van der Waals surface area contributed by atoms with E-state index in [-0.39, 0.29) is 19.4 Å². The van der Waals surface area contributed by atoms with Gasteiger partial charge < -0.3 is 45.3 Å². The fourth-order valence-electron chi connectivity index (χ4n) is 2.82. The molecule has 0 saturated carbocycles. The molecule has 0 aromatic rings. The smallest absolute Gasteiger partial charge is 0.407 e. The number of amides is 4. The first-order valence-corrected chi connectivity index (χ1v) is 11.3. The van der Waals surface area contributed by atoms with Crippen LogP contribution in [0.5, 0.6) is 0 Å². The Balaban J connectivity index is 4.25. The van der Waals surface area contributed by atoms with Crippen molar-refractivity contribution in [3.8, 4) is 0 Å². The Hall–Kier alpha value is -3.62. The third-order valence-electron chi connectivity index (χ3n) is 4.69. The topological polar surface area (TPSA) is 208 Å². The Morgan fingerprint density at radius 3 is 1.69 bits per heavy atom. The van der Waals surface area contributed by atoms with Gasteiger partial charge in [0.25, 0.3) is 5.91 Å². The highest BCUT2D eigenvalue weighted by Crippen LogP contribution is 2.04. The molecule has 0 aromatic heterocycles. The lowest BCUT2D eigenvalue weighted by Gasteiger charge is -2.17. The highest BCUT2D eigenvalue weighted by molar-refractivity contribution is 5.86. The summed E-state index contributed by atoms with van der Waals surface area (Å²) in [5.41, 5.74) is 0. The average molecular weight is 521 g/mol. The number of aliphatic hydroxyl groups excluding tert-OH is 1. The standard InChI is InChI=1S/C21H36N4O11/c1-33-18(29)14(8-4-6-10-22-16(27)12-26)24-17(28)13-36-20(31)23-11-7-5-9-15(19(30)34-2)25-21(32)35-3/h14-15,26H,4-13H2,1-3H3,(H,22,27)(H,23,31)(H,24,28)(H,25,32). The van der Waals surface area contributed by atoms with Gasteiger partial charge in [-0.25, -0.2) is 19.2 Å². The van der Waals surface area contributed by atoms with Crippen LogP contribution in [0.2, 0.25) is 0 Å². The summed E-state index contributed by atoms with van der Waals surface area (Å²) in [5.74, 6) is -2.51. The number of rotatable bonds is 17. The molecule has 0 radical (unpaired) electrons. The van der Waals surface area contributed by atoms with Crippen molar-refractivity contribution in [3.63, 3.8) is 0 Å². The summed E-state index contributed by atoms with van der Waals surface area (Å²) in [5, 5.41) is 18.3. The number of unbranched alkanes of at least 4 members (excludes halogenated alkanes) is 2. The maximum atomic E-state index is 12.1. The lowest BCUT2D eigenvalue weighted by Crippen LogP contribution is -2.44. The predicted molar refractivity (Wildman–Crippen MR) is 122 cm³/mol. The van der Waals surface area contributed by atoms with Crippen LogP contribution in [0, 0.1) is 0 Å². The summed E-state index contributed by atoms with van der Waals surface area (Å²) in [7, 11) is 3.53. The van der Waals surface area contributed by atoms with E-state index in [2.05, 4.69) is 35.5 Å². The molecule has 206 valence electrons. The quantitative estimate of drug-likeness (QED) is 0.0866. The molecule has 36 heavy (non-hydrogen) atoms. The third-order valence-corrected chi connectivity index (χ3v) is 4.69. The molecular weight excluding hydrogens is 484 g/mol. The van der Waals surface area contributed by atoms with Crippen LogP contribution >= 0.6 is 0 Å². The van der Waals surface area contributed by atoms with Crippen LogP contribution < -0.4 is 21.3 Å². The fraction of sp³-hybridized carbons (Fsp3) is 0.714. The van der Waals surface area contributed by atoms with Gasteiger partial charge in [0.15, 0.2) is 6.61 Å². The molecule has 15 nitrogen and oxygen atoms in total. The number of hydrogen-bond acceptors (Lipinski definition) is 11.